The van der Waals surface area contributed by atoms with Crippen molar-refractivity contribution >= 4 is 141 Å². The Kier molecular flexibility index (Phi) is 52.6. The molecule has 0 unspecified atom stereocenters. The van der Waals surface area contributed by atoms with Crippen molar-refractivity contribution in [2.45, 2.75) is 310 Å². The Morgan fingerprint density at radius 2 is 0.680 bits per heavy atom. The molecule has 0 aromatic carbocycles. The Bertz CT molecular complexity index is 3830. The van der Waals surface area contributed by atoms with Crippen molar-refractivity contribution in [3.63, 3.8) is 0 Å². The van der Waals surface area contributed by atoms with E-state index in [9.17, 15) is 54.8 Å². The molecule has 7 saturated carbocycles. The molecule has 0 spiro atoms. The minimum absolute atomic E-state index is 0. The molecule has 2 amide bonds. The molecule has 13 N–H and O–H groups in total. The average Bonchev–Trinajstić information content (AvgIpc) is 0.847. The van der Waals surface area contributed by atoms with E-state index in [0.717, 1.165) is 147 Å². The second-order valence-corrected chi connectivity index (χ2v) is 37.6. The van der Waals surface area contributed by atoms with Gasteiger partial charge in [-0.1, -0.05) is 76.8 Å². The number of carbonyl (C=O) groups is 3. The molecule has 0 aliphatic heterocycles. The first-order valence-electron chi connectivity index (χ1n) is 43.5. The summed E-state index contributed by atoms with van der Waals surface area (Å²) in [6.07, 6.45) is 39.8. The highest BCUT2D eigenvalue weighted by Crippen LogP contribution is 2.36. The number of alkyl halides is 2. The number of halogens is 6. The van der Waals surface area contributed by atoms with Crippen molar-refractivity contribution < 1.29 is 48.3 Å². The van der Waals surface area contributed by atoms with Crippen LogP contribution in [-0.2, 0) is 19.0 Å². The fourth-order valence-electron chi connectivity index (χ4n) is 15.6. The van der Waals surface area contributed by atoms with Crippen molar-refractivity contribution in [1.82, 2.24) is 50.5 Å². The number of nitrogens with zero attached hydrogens (tertiary/aromatic N) is 12. The van der Waals surface area contributed by atoms with Crippen LogP contribution < -0.4 is 54.4 Å². The number of alkyl carbamates (subject to hydrolysis) is 2. The first kappa shape index (κ1) is 112. The predicted molar refractivity (Wildman–Crippen MR) is 497 cm³/mol. The Balaban J connectivity index is 0.000000401. The number of rotatable bonds is 25. The summed E-state index contributed by atoms with van der Waals surface area (Å²) in [7, 11) is 0. The summed E-state index contributed by atoms with van der Waals surface area (Å²) < 4.78 is 15.9. The lowest BCUT2D eigenvalue weighted by molar-refractivity contribution is -0.385. The molecule has 125 heavy (non-hydrogen) atoms. The zero-order valence-electron chi connectivity index (χ0n) is 73.6. The third kappa shape index (κ3) is 46.9. The third-order valence-electron chi connectivity index (χ3n) is 22.2. The van der Waals surface area contributed by atoms with Crippen molar-refractivity contribution in [3.8, 4) is 0 Å². The van der Waals surface area contributed by atoms with Crippen molar-refractivity contribution in [2.24, 2.45) is 64.5 Å². The maximum Gasteiger partial charge on any atom is 0.407 e. The molecule has 0 radical (unpaired) electrons. The number of amides is 2. The molecule has 42 heteroatoms. The Morgan fingerprint density at radius 3 is 1.02 bits per heavy atom. The average molecular weight is 1880 g/mol. The SMILES string of the molecule is C.CC(C)(C)OC(=O)CC1CCC(CNc2nc(Cl)ncc2[N+](=O)[O-])CC1.CC(C)(C)OC(=O)NC1CCC(CN)CC1.CC(C)(C)OC(=O)NC1CCC(CNc2nc(NCC3CCCCC3)ncc2[N+](=O)[O-])CC1.Cl.ClCCl.NC1CCC(CNc2nc(NCC3CCCCC3)ncc2[N+](=O)[O-])CC1.NCC1CCCCC1.O=[N+]([O-])c1cnc(Cl)nc1Cl. The number of esters is 1. The van der Waals surface area contributed by atoms with Crippen LogP contribution in [0.1, 0.15) is 275 Å². The first-order chi connectivity index (χ1) is 58.3. The van der Waals surface area contributed by atoms with Gasteiger partial charge in [0.1, 0.15) is 41.6 Å². The molecule has 4 aromatic heterocycles. The van der Waals surface area contributed by atoms with E-state index in [4.69, 9.17) is 89.4 Å². The standard InChI is InChI=1S/C23H38N6O4.C18H30N6O2.C17H25ClN4O4.C12H24N2O2.C7H15N.C4HCl2N3O2.CH2Cl2.CH4.ClH/c1-23(2,3)33-22(30)27-18-11-9-17(10-12-18)13-24-20-19(29(31)32)15-26-21(28-20)25-14-16-7-5-4-6-8-16;19-15-8-6-14(7-9-15)10-20-17-16(24(25)26)12-22-18(23-17)21-11-13-4-2-1-3-5-13;1-17(2,3)26-14(23)8-11-4-6-12(7-5-11)9-19-15-13(22(24)25)10-20-16(18)21-15;1-12(2,3)16-11(15)14-10-6-4-9(8-13)5-7-10;8-6-7-4-2-1-3-5-7;5-3-2(9(10)11)1-7-4(6)8-3;2-1-3;;/h15-18H,4-14H2,1-3H3,(H,27,30)(H2,24,25,26,28);12-15H,1-11,19H2,(H2,20,21,22,23);10-12H,4-9H2,1-3H3,(H,19,20,21);9-10H,4-8,13H2,1-3H3,(H,14,15);7H,1-6,8H2;1H;1H2;1H4;1H. The summed E-state index contributed by atoms with van der Waals surface area (Å²) in [6, 6.07) is 0.660. The number of hydrogen-bond donors (Lipinski definition) is 10. The summed E-state index contributed by atoms with van der Waals surface area (Å²) in [6.45, 7) is 21.9. The first-order valence-corrected chi connectivity index (χ1v) is 45.7. The van der Waals surface area contributed by atoms with Gasteiger partial charge < -0.3 is 68.6 Å². The van der Waals surface area contributed by atoms with Crippen molar-refractivity contribution in [2.75, 3.05) is 77.7 Å². The Morgan fingerprint density at radius 1 is 0.400 bits per heavy atom. The van der Waals surface area contributed by atoms with Gasteiger partial charge in [0.25, 0.3) is 0 Å². The summed E-state index contributed by atoms with van der Waals surface area (Å²) in [4.78, 5) is 109. The van der Waals surface area contributed by atoms with Gasteiger partial charge in [0, 0.05) is 57.3 Å². The number of carbonyl (C=O) groups excluding carboxylic acids is 3. The summed E-state index contributed by atoms with van der Waals surface area (Å²) >= 11 is 25.9. The van der Waals surface area contributed by atoms with E-state index in [1.807, 2.05) is 62.3 Å². The lowest BCUT2D eigenvalue weighted by Gasteiger charge is -2.30. The summed E-state index contributed by atoms with van der Waals surface area (Å²) in [5.74, 6) is 5.77. The van der Waals surface area contributed by atoms with E-state index in [0.29, 0.717) is 91.2 Å². The van der Waals surface area contributed by atoms with E-state index in [-0.39, 0.29) is 106 Å². The van der Waals surface area contributed by atoms with Gasteiger partial charge in [-0.05, 0) is 287 Å². The fraction of sp³-hybridized carbons (Fsp3) is 0.771. The highest BCUT2D eigenvalue weighted by molar-refractivity contribution is 6.40. The van der Waals surface area contributed by atoms with Crippen LogP contribution >= 0.6 is 70.4 Å². The molecule has 4 aromatic rings. The second kappa shape index (κ2) is 58.9. The van der Waals surface area contributed by atoms with Gasteiger partial charge in [0.05, 0.1) is 25.0 Å². The molecule has 7 aliphatic rings. The summed E-state index contributed by atoms with van der Waals surface area (Å²) in [5.41, 5.74) is 15.0. The number of nitrogens with one attached hydrogen (secondary N) is 7. The lowest BCUT2D eigenvalue weighted by Crippen LogP contribution is -2.41. The van der Waals surface area contributed by atoms with E-state index < -0.39 is 36.5 Å². The normalized spacial score (nSPS) is 20.9. The van der Waals surface area contributed by atoms with Crippen LogP contribution in [0.5, 0.6) is 0 Å². The van der Waals surface area contributed by atoms with Crippen molar-refractivity contribution in [1.29, 1.82) is 0 Å². The van der Waals surface area contributed by atoms with Crippen LogP contribution in [-0.4, -0.2) is 164 Å². The largest absolute Gasteiger partial charge is 0.460 e. The van der Waals surface area contributed by atoms with Gasteiger partial charge >= 0.3 is 40.9 Å². The molecule has 36 nitrogen and oxygen atoms in total. The zero-order valence-corrected chi connectivity index (χ0v) is 78.2. The maximum atomic E-state index is 12.0. The molecule has 708 valence electrons. The van der Waals surface area contributed by atoms with Gasteiger partial charge in [-0.25, -0.2) is 29.5 Å². The molecule has 0 bridgehead atoms. The highest BCUT2D eigenvalue weighted by Gasteiger charge is 2.32. The Labute approximate surface area is 768 Å². The predicted octanol–water partition coefficient (Wildman–Crippen LogP) is 19.9. The van der Waals surface area contributed by atoms with Crippen LogP contribution in [0, 0.1) is 87.8 Å². The number of hydrogen-bond acceptors (Lipinski definition) is 30. The van der Waals surface area contributed by atoms with Gasteiger partial charge in [-0.2, -0.15) is 19.9 Å². The molecule has 0 saturated heterocycles. The summed E-state index contributed by atoms with van der Waals surface area (Å²) in [5, 5.41) is 65.5. The van der Waals surface area contributed by atoms with E-state index in [1.165, 1.54) is 109 Å². The molecule has 11 rings (SSSR count). The number of nitrogens with two attached hydrogens (primary N) is 3. The van der Waals surface area contributed by atoms with Gasteiger partial charge in [-0.3, -0.25) is 45.3 Å². The molecule has 7 fully saturated rings. The minimum atomic E-state index is -0.682. The van der Waals surface area contributed by atoms with Crippen LogP contribution in [0.15, 0.2) is 24.8 Å². The molecular weight excluding hydrogens is 1740 g/mol. The molecular formula is C83H140Cl6N22O14. The van der Waals surface area contributed by atoms with Gasteiger partial charge in [-0.15, -0.1) is 35.6 Å². The molecule has 0 atom stereocenters. The zero-order chi connectivity index (χ0) is 90.7. The Hall–Kier alpha value is -7.45. The number of anilines is 5. The van der Waals surface area contributed by atoms with Crippen LogP contribution in [0.3, 0.4) is 0 Å². The van der Waals surface area contributed by atoms with Gasteiger partial charge in [0.15, 0.2) is 0 Å². The maximum absolute atomic E-state index is 12.0. The monoisotopic (exact) mass is 1880 g/mol. The van der Waals surface area contributed by atoms with Crippen LogP contribution in [0.2, 0.25) is 15.7 Å². The third-order valence-corrected chi connectivity index (χ3v) is 22.9. The van der Waals surface area contributed by atoms with E-state index in [1.54, 1.807) is 0 Å². The minimum Gasteiger partial charge on any atom is -0.460 e. The second-order valence-electron chi connectivity index (χ2n) is 35.7. The lowest BCUT2D eigenvalue weighted by atomic mass is 9.80. The smallest absolute Gasteiger partial charge is 0.407 e. The fourth-order valence-corrected chi connectivity index (χ4v) is 16.1. The highest BCUT2D eigenvalue weighted by atomic mass is 35.5. The van der Waals surface area contributed by atoms with Gasteiger partial charge in [0.2, 0.25) is 45.1 Å². The molecule has 7 aliphatic carbocycles. The van der Waals surface area contributed by atoms with Crippen LogP contribution in [0.25, 0.3) is 0 Å². The quantitative estimate of drug-likeness (QED) is 0.00560. The number of aromatic nitrogens is 8. The van der Waals surface area contributed by atoms with E-state index in [2.05, 4.69) is 77.1 Å². The number of ether oxygens (including phenoxy) is 3. The van der Waals surface area contributed by atoms with Crippen molar-refractivity contribution in [3.05, 3.63) is 81.0 Å². The topological polar surface area (TPSA) is 517 Å². The van der Waals surface area contributed by atoms with Crippen LogP contribution in [0.4, 0.5) is 61.7 Å². The van der Waals surface area contributed by atoms with E-state index >= 15 is 0 Å². The molecule has 4 heterocycles. The number of nitro groups is 4.